The van der Waals surface area contributed by atoms with Gasteiger partial charge in [-0.15, -0.1) is 0 Å². The lowest BCUT2D eigenvalue weighted by molar-refractivity contribution is 0.0946. The van der Waals surface area contributed by atoms with Gasteiger partial charge in [0.25, 0.3) is 11.8 Å². The summed E-state index contributed by atoms with van der Waals surface area (Å²) in [5.74, 6) is 2.28. The van der Waals surface area contributed by atoms with Crippen LogP contribution in [0.2, 0.25) is 0 Å². The molecule has 4 rings (SSSR count). The number of rotatable bonds is 7. The zero-order chi connectivity index (χ0) is 21.8. The number of carbonyl (C=O) groups excluding carboxylic acids is 1. The first-order valence-electron chi connectivity index (χ1n) is 9.79. The first-order valence-corrected chi connectivity index (χ1v) is 9.79. The van der Waals surface area contributed by atoms with Crippen LogP contribution in [-0.2, 0) is 6.54 Å². The van der Waals surface area contributed by atoms with E-state index in [1.807, 2.05) is 38.1 Å². The fourth-order valence-electron chi connectivity index (χ4n) is 2.90. The minimum Gasteiger partial charge on any atom is -0.497 e. The first-order chi connectivity index (χ1) is 15.0. The monoisotopic (exact) mass is 418 g/mol. The first kappa shape index (κ1) is 20.3. The van der Waals surface area contributed by atoms with Crippen LogP contribution in [0.3, 0.4) is 0 Å². The van der Waals surface area contributed by atoms with Crippen molar-refractivity contribution in [3.63, 3.8) is 0 Å². The maximum atomic E-state index is 12.5. The maximum Gasteiger partial charge on any atom is 0.271 e. The van der Waals surface area contributed by atoms with Crippen molar-refractivity contribution >= 4 is 5.91 Å². The van der Waals surface area contributed by atoms with E-state index in [9.17, 15) is 4.79 Å². The Morgan fingerprint density at radius 3 is 2.87 bits per heavy atom. The minimum atomic E-state index is -0.281. The molecule has 0 saturated heterocycles. The number of hydrogen-bond donors (Lipinski definition) is 1. The van der Waals surface area contributed by atoms with Gasteiger partial charge in [-0.05, 0) is 29.8 Å². The summed E-state index contributed by atoms with van der Waals surface area (Å²) >= 11 is 0. The number of methoxy groups -OCH3 is 1. The molecule has 1 amide bonds. The van der Waals surface area contributed by atoms with Crippen molar-refractivity contribution in [2.24, 2.45) is 0 Å². The zero-order valence-corrected chi connectivity index (χ0v) is 17.4. The third-order valence-corrected chi connectivity index (χ3v) is 4.62. The predicted molar refractivity (Wildman–Crippen MR) is 113 cm³/mol. The molecule has 1 N–H and O–H groups in total. The fraction of sp³-hybridized carbons (Fsp3) is 0.227. The number of pyridine rings is 1. The number of aromatic nitrogens is 5. The van der Waals surface area contributed by atoms with Gasteiger partial charge in [-0.2, -0.15) is 4.98 Å². The third-order valence-electron chi connectivity index (χ3n) is 4.62. The lowest BCUT2D eigenvalue weighted by Gasteiger charge is -2.05. The summed E-state index contributed by atoms with van der Waals surface area (Å²) in [6.45, 7) is 4.36. The molecule has 4 aromatic rings. The van der Waals surface area contributed by atoms with E-state index >= 15 is 0 Å². The molecule has 3 aromatic heterocycles. The van der Waals surface area contributed by atoms with Gasteiger partial charge in [0.15, 0.2) is 5.82 Å². The van der Waals surface area contributed by atoms with Crippen LogP contribution in [0, 0.1) is 0 Å². The number of imidazole rings is 1. The fourth-order valence-corrected chi connectivity index (χ4v) is 2.90. The zero-order valence-electron chi connectivity index (χ0n) is 17.4. The molecule has 1 aromatic carbocycles. The molecule has 0 aliphatic carbocycles. The molecule has 0 unspecified atom stereocenters. The largest absolute Gasteiger partial charge is 0.497 e. The minimum absolute atomic E-state index is 0.172. The second-order valence-corrected chi connectivity index (χ2v) is 7.22. The van der Waals surface area contributed by atoms with Crippen molar-refractivity contribution in [2.75, 3.05) is 7.11 Å². The van der Waals surface area contributed by atoms with Gasteiger partial charge in [-0.3, -0.25) is 9.36 Å². The van der Waals surface area contributed by atoms with Gasteiger partial charge in [-0.1, -0.05) is 31.1 Å². The summed E-state index contributed by atoms with van der Waals surface area (Å²) in [6.07, 6.45) is 4.81. The molecular formula is C22H22N6O3. The van der Waals surface area contributed by atoms with Crippen molar-refractivity contribution < 1.29 is 14.1 Å². The van der Waals surface area contributed by atoms with Crippen molar-refractivity contribution in [2.45, 2.75) is 26.3 Å². The highest BCUT2D eigenvalue weighted by Crippen LogP contribution is 2.21. The number of nitrogens with one attached hydrogen (secondary N) is 1. The van der Waals surface area contributed by atoms with E-state index in [0.717, 1.165) is 16.9 Å². The van der Waals surface area contributed by atoms with Crippen molar-refractivity contribution in [3.05, 3.63) is 72.2 Å². The third kappa shape index (κ3) is 4.61. The molecule has 0 bridgehead atoms. The standard InChI is InChI=1S/C22H22N6O3/c1-14(2)20-26-22(31-27-20)16-7-8-23-19(10-16)28-12-18(25-13-28)21(29)24-11-15-5-4-6-17(9-15)30-3/h4-10,12-14H,11H2,1-3H3,(H,24,29). The number of carbonyl (C=O) groups is 1. The van der Waals surface area contributed by atoms with Gasteiger partial charge in [-0.25, -0.2) is 9.97 Å². The molecule has 0 fully saturated rings. The predicted octanol–water partition coefficient (Wildman–Crippen LogP) is 3.38. The van der Waals surface area contributed by atoms with Crippen molar-refractivity contribution in [3.8, 4) is 23.0 Å². The SMILES string of the molecule is COc1cccc(CNC(=O)c2cn(-c3cc(-c4nc(C(C)C)no4)ccn3)cn2)c1. The van der Waals surface area contributed by atoms with Gasteiger partial charge < -0.3 is 14.6 Å². The van der Waals surface area contributed by atoms with Crippen LogP contribution in [0.1, 0.15) is 41.6 Å². The second kappa shape index (κ2) is 8.78. The van der Waals surface area contributed by atoms with Gasteiger partial charge in [0.1, 0.15) is 23.6 Å². The molecule has 0 saturated carbocycles. The molecule has 0 spiro atoms. The number of benzene rings is 1. The Morgan fingerprint density at radius 2 is 2.10 bits per heavy atom. The van der Waals surface area contributed by atoms with E-state index < -0.39 is 0 Å². The van der Waals surface area contributed by atoms with E-state index in [1.165, 1.54) is 0 Å². The Morgan fingerprint density at radius 1 is 1.23 bits per heavy atom. The summed E-state index contributed by atoms with van der Waals surface area (Å²) < 4.78 is 12.2. The van der Waals surface area contributed by atoms with Crippen LogP contribution in [0.15, 0.2) is 59.6 Å². The van der Waals surface area contributed by atoms with Gasteiger partial charge in [0, 0.05) is 30.4 Å². The molecule has 0 aliphatic rings. The topological polar surface area (TPSA) is 108 Å². The van der Waals surface area contributed by atoms with Crippen LogP contribution in [0.4, 0.5) is 0 Å². The summed E-state index contributed by atoms with van der Waals surface area (Å²) in [4.78, 5) is 25.5. The molecule has 158 valence electrons. The summed E-state index contributed by atoms with van der Waals surface area (Å²) in [5.41, 5.74) is 1.96. The lowest BCUT2D eigenvalue weighted by Crippen LogP contribution is -2.23. The molecule has 0 atom stereocenters. The Hall–Kier alpha value is -4.01. The van der Waals surface area contributed by atoms with Gasteiger partial charge >= 0.3 is 0 Å². The van der Waals surface area contributed by atoms with Crippen LogP contribution in [-0.4, -0.2) is 37.7 Å². The highest BCUT2D eigenvalue weighted by atomic mass is 16.5. The van der Waals surface area contributed by atoms with Gasteiger partial charge in [0.05, 0.1) is 7.11 Å². The Kier molecular flexibility index (Phi) is 5.74. The normalized spacial score (nSPS) is 11.0. The van der Waals surface area contributed by atoms with Crippen molar-refractivity contribution in [1.29, 1.82) is 0 Å². The molecule has 31 heavy (non-hydrogen) atoms. The average Bonchev–Trinajstić information content (AvgIpc) is 3.48. The van der Waals surface area contributed by atoms with Crippen LogP contribution >= 0.6 is 0 Å². The second-order valence-electron chi connectivity index (χ2n) is 7.22. The molecule has 9 heteroatoms. The highest BCUT2D eigenvalue weighted by molar-refractivity contribution is 5.92. The van der Waals surface area contributed by atoms with E-state index in [1.54, 1.807) is 42.5 Å². The summed E-state index contributed by atoms with van der Waals surface area (Å²) in [7, 11) is 1.61. The molecule has 0 radical (unpaired) electrons. The van der Waals surface area contributed by atoms with E-state index in [-0.39, 0.29) is 17.5 Å². The van der Waals surface area contributed by atoms with Crippen LogP contribution in [0.5, 0.6) is 5.75 Å². The Labute approximate surface area is 179 Å². The van der Waals surface area contributed by atoms with Crippen molar-refractivity contribution in [1.82, 2.24) is 30.0 Å². The van der Waals surface area contributed by atoms with Crippen LogP contribution < -0.4 is 10.1 Å². The summed E-state index contributed by atoms with van der Waals surface area (Å²) in [5, 5.41) is 6.85. The maximum absolute atomic E-state index is 12.5. The smallest absolute Gasteiger partial charge is 0.271 e. The summed E-state index contributed by atoms with van der Waals surface area (Å²) in [6, 6.07) is 11.1. The molecule has 0 aliphatic heterocycles. The molecular weight excluding hydrogens is 396 g/mol. The highest BCUT2D eigenvalue weighted by Gasteiger charge is 2.14. The molecule has 9 nitrogen and oxygen atoms in total. The Bertz CT molecular complexity index is 1200. The quantitative estimate of drug-likeness (QED) is 0.490. The van der Waals surface area contributed by atoms with Gasteiger partial charge in [0.2, 0.25) is 0 Å². The number of hydrogen-bond acceptors (Lipinski definition) is 7. The average molecular weight is 418 g/mol. The Balaban J connectivity index is 1.47. The van der Waals surface area contributed by atoms with Crippen LogP contribution in [0.25, 0.3) is 17.3 Å². The van der Waals surface area contributed by atoms with E-state index in [2.05, 4.69) is 25.4 Å². The lowest BCUT2D eigenvalue weighted by atomic mass is 10.2. The number of ether oxygens (including phenoxy) is 1. The molecule has 3 heterocycles. The number of amides is 1. The van der Waals surface area contributed by atoms with E-state index in [0.29, 0.717) is 24.1 Å². The van der Waals surface area contributed by atoms with E-state index in [4.69, 9.17) is 9.26 Å². The number of nitrogens with zero attached hydrogens (tertiary/aromatic N) is 5.